The zero-order valence-electron chi connectivity index (χ0n) is 41.9. The molecule has 8 saturated carbocycles. The summed E-state index contributed by atoms with van der Waals surface area (Å²) in [5.41, 5.74) is -0.564. The highest BCUT2D eigenvalue weighted by Gasteiger charge is 2.65. The Labute approximate surface area is 423 Å². The minimum atomic E-state index is -0.565. The van der Waals surface area contributed by atoms with E-state index in [2.05, 4.69) is 45.1 Å². The van der Waals surface area contributed by atoms with Gasteiger partial charge in [-0.3, -0.25) is 39.6 Å². The minimum Gasteiger partial charge on any atom is -0.390 e. The Hall–Kier alpha value is -3.12. The molecule has 16 atom stereocenters. The molecule has 70 heavy (non-hydrogen) atoms. The molecule has 2 aromatic heterocycles. The SMILES string of the molecule is C.COC[C@]12CC[C@@](C)(O)C[C@@H]1CC[C@H]1[C@@H]3CC[C@H](C(=O)CBr)[C@@]3(C)CC[C@@H]12.COC[C@]12CC[C@@](C)(O)C[C@@H]1CC[C@H]1[C@@H]3CC[C@H](C(=O)Cn4cc([N+](=O)[O-])cn4)[C@@]3(C)CC[C@@H]12.O=[N+]([O-])c1cn[nH]c1. The molecule has 0 unspecified atom stereocenters. The van der Waals surface area contributed by atoms with Crippen molar-refractivity contribution < 1.29 is 39.1 Å². The van der Waals surface area contributed by atoms with Crippen LogP contribution < -0.4 is 0 Å². The van der Waals surface area contributed by atoms with Crippen LogP contribution in [0.15, 0.2) is 24.8 Å². The number of nitro groups is 2. The van der Waals surface area contributed by atoms with E-state index in [-0.39, 0.29) is 64.6 Å². The summed E-state index contributed by atoms with van der Waals surface area (Å²) in [6.45, 7) is 10.5. The van der Waals surface area contributed by atoms with Crippen LogP contribution in [0.2, 0.25) is 0 Å². The van der Waals surface area contributed by atoms with Gasteiger partial charge in [-0.25, -0.2) is 0 Å². The van der Waals surface area contributed by atoms with Crippen LogP contribution in [0.3, 0.4) is 0 Å². The summed E-state index contributed by atoms with van der Waals surface area (Å²) >= 11 is 3.43. The van der Waals surface area contributed by atoms with Gasteiger partial charge in [0.05, 0.1) is 45.8 Å². The normalized spacial score (nSPS) is 42.2. The lowest BCUT2D eigenvalue weighted by atomic mass is 9.43. The average Bonchev–Trinajstić information content (AvgIpc) is 4.13. The number of nitrogens with one attached hydrogen (secondary N) is 1. The Morgan fingerprint density at radius 1 is 0.700 bits per heavy atom. The van der Waals surface area contributed by atoms with Crippen molar-refractivity contribution in [3.05, 3.63) is 45.0 Å². The zero-order valence-corrected chi connectivity index (χ0v) is 43.5. The van der Waals surface area contributed by atoms with E-state index in [0.29, 0.717) is 52.5 Å². The monoisotopic (exact) mass is 1040 g/mol. The third-order valence-electron chi connectivity index (χ3n) is 20.9. The van der Waals surface area contributed by atoms with Crippen molar-refractivity contribution in [2.24, 2.45) is 80.8 Å². The van der Waals surface area contributed by atoms with E-state index in [9.17, 15) is 40.0 Å². The number of ether oxygens (including phenoxy) is 2. The van der Waals surface area contributed by atoms with E-state index in [1.807, 2.05) is 28.1 Å². The molecule has 0 saturated heterocycles. The van der Waals surface area contributed by atoms with Crippen molar-refractivity contribution in [2.75, 3.05) is 32.8 Å². The van der Waals surface area contributed by atoms with Gasteiger partial charge in [-0.2, -0.15) is 10.2 Å². The number of ketones is 2. The van der Waals surface area contributed by atoms with Crippen molar-refractivity contribution in [2.45, 2.75) is 168 Å². The molecular formula is C53H83BrN6O10. The lowest BCUT2D eigenvalue weighted by molar-refractivity contribution is -0.385. The standard InChI is InChI=1S/C26H39N3O5.C23H37BrO3.C3H3N3O2.CH4/c1-24(31)10-11-26(16-34-3)17(12-24)4-5-19-20-6-7-22(25(20,2)9-8-21(19)26)23(30)15-28-14-18(13-27-28)29(32)33;1-21(26)10-11-23(14-27-3)15(12-21)4-5-16-17-6-7-19(20(25)13-24)22(17,2)9-8-18(16)23;7-6(8)3-1-4-5-2-3;/h13-14,17,19-22,31H,4-12,15-16H2,1-3H3;15-19,26H,4-14H2,1-3H3;1-2H,(H,4,5);1H4/t17-,19-,20-,21-,22+,24+,25-,26+;15-,16-,17-,18-,19+,21+,22-,23+;;/m00../s1. The lowest BCUT2D eigenvalue weighted by Crippen LogP contribution is -2.58. The largest absolute Gasteiger partial charge is 0.390 e. The van der Waals surface area contributed by atoms with E-state index in [0.717, 1.165) is 102 Å². The molecule has 3 N–H and O–H groups in total. The summed E-state index contributed by atoms with van der Waals surface area (Å²) in [6.07, 6.45) is 24.4. The molecule has 0 amide bonds. The molecule has 8 aliphatic carbocycles. The Kier molecular flexibility index (Phi) is 16.4. The predicted octanol–water partition coefficient (Wildman–Crippen LogP) is 10.3. The maximum absolute atomic E-state index is 13.4. The first-order chi connectivity index (χ1) is 32.7. The third-order valence-corrected chi connectivity index (χ3v) is 21.4. The van der Waals surface area contributed by atoms with Crippen molar-refractivity contribution in [3.8, 4) is 0 Å². The van der Waals surface area contributed by atoms with Crippen molar-refractivity contribution in [3.63, 3.8) is 0 Å². The topological polar surface area (TPSA) is 226 Å². The number of hydrogen-bond acceptors (Lipinski definition) is 12. The molecule has 0 radical (unpaired) electrons. The van der Waals surface area contributed by atoms with E-state index in [1.54, 1.807) is 0 Å². The number of methoxy groups -OCH3 is 2. The molecule has 0 aliphatic heterocycles. The van der Waals surface area contributed by atoms with Crippen LogP contribution in [-0.4, -0.2) is 95.6 Å². The fraction of sp³-hybridized carbons (Fsp3) is 0.849. The number of Topliss-reactive ketones (excluding diaryl/α,β-unsaturated/α-hetero) is 2. The van der Waals surface area contributed by atoms with Gasteiger partial charge >= 0.3 is 11.4 Å². The Morgan fingerprint density at radius 3 is 1.59 bits per heavy atom. The molecule has 0 aromatic carbocycles. The highest BCUT2D eigenvalue weighted by atomic mass is 79.9. The van der Waals surface area contributed by atoms with Gasteiger partial charge in [0.2, 0.25) is 0 Å². The number of hydrogen-bond donors (Lipinski definition) is 3. The molecule has 0 spiro atoms. The van der Waals surface area contributed by atoms with Crippen molar-refractivity contribution in [1.29, 1.82) is 0 Å². The van der Waals surface area contributed by atoms with Gasteiger partial charge < -0.3 is 19.7 Å². The van der Waals surface area contributed by atoms with E-state index >= 15 is 0 Å². The molecule has 2 heterocycles. The van der Waals surface area contributed by atoms with E-state index in [4.69, 9.17) is 9.47 Å². The Balaban J connectivity index is 0.000000179. The summed E-state index contributed by atoms with van der Waals surface area (Å²) in [5.74, 6) is 5.82. The van der Waals surface area contributed by atoms with Crippen LogP contribution in [-0.2, 0) is 25.6 Å². The number of aromatic amines is 1. The Bertz CT molecular complexity index is 2170. The lowest BCUT2D eigenvalue weighted by Gasteiger charge is -2.62. The highest BCUT2D eigenvalue weighted by molar-refractivity contribution is 9.09. The molecule has 16 nitrogen and oxygen atoms in total. The fourth-order valence-electron chi connectivity index (χ4n) is 17.9. The molecular weight excluding hydrogens is 961 g/mol. The molecule has 10 rings (SSSR count). The number of rotatable bonds is 11. The number of nitrogens with zero attached hydrogens (tertiary/aromatic N) is 5. The number of alkyl halides is 1. The summed E-state index contributed by atoms with van der Waals surface area (Å²) in [6, 6.07) is 0. The quantitative estimate of drug-likeness (QED) is 0.109. The maximum atomic E-state index is 13.4. The smallest absolute Gasteiger partial charge is 0.307 e. The van der Waals surface area contributed by atoms with Crippen LogP contribution in [0, 0.1) is 101 Å². The number of carbonyl (C=O) groups excluding carboxylic acids is 2. The van der Waals surface area contributed by atoms with Gasteiger partial charge in [0.15, 0.2) is 5.78 Å². The van der Waals surface area contributed by atoms with Crippen LogP contribution in [0.5, 0.6) is 0 Å². The first-order valence-electron chi connectivity index (χ1n) is 26.0. The van der Waals surface area contributed by atoms with Crippen LogP contribution >= 0.6 is 15.9 Å². The summed E-state index contributed by atoms with van der Waals surface area (Å²) in [5, 5.41) is 52.6. The molecule has 17 heteroatoms. The second-order valence-corrected chi connectivity index (χ2v) is 24.9. The van der Waals surface area contributed by atoms with Gasteiger partial charge in [-0.1, -0.05) is 37.2 Å². The van der Waals surface area contributed by atoms with E-state index < -0.39 is 21.0 Å². The van der Waals surface area contributed by atoms with Gasteiger partial charge in [0.1, 0.15) is 30.9 Å². The molecule has 8 fully saturated rings. The highest BCUT2D eigenvalue weighted by Crippen LogP contribution is 2.70. The van der Waals surface area contributed by atoms with Gasteiger partial charge in [0.25, 0.3) is 0 Å². The van der Waals surface area contributed by atoms with Crippen LogP contribution in [0.25, 0.3) is 0 Å². The summed E-state index contributed by atoms with van der Waals surface area (Å²) in [7, 11) is 3.67. The van der Waals surface area contributed by atoms with Crippen molar-refractivity contribution >= 4 is 38.9 Å². The second kappa shape index (κ2) is 21.0. The number of fused-ring (bicyclic) bond motifs is 10. The fourth-order valence-corrected chi connectivity index (χ4v) is 18.3. The van der Waals surface area contributed by atoms with Gasteiger partial charge in [-0.05, 0) is 198 Å². The van der Waals surface area contributed by atoms with Crippen LogP contribution in [0.4, 0.5) is 11.4 Å². The first-order valence-corrected chi connectivity index (χ1v) is 27.1. The predicted molar refractivity (Wildman–Crippen MR) is 269 cm³/mol. The van der Waals surface area contributed by atoms with Gasteiger partial charge in [0, 0.05) is 26.1 Å². The average molecular weight is 1040 g/mol. The first kappa shape index (κ1) is 54.6. The summed E-state index contributed by atoms with van der Waals surface area (Å²) < 4.78 is 13.1. The zero-order chi connectivity index (χ0) is 49.7. The van der Waals surface area contributed by atoms with Crippen molar-refractivity contribution in [1.82, 2.24) is 20.0 Å². The number of aliphatic hydroxyl groups is 2. The second-order valence-electron chi connectivity index (χ2n) is 24.3. The number of aromatic nitrogens is 4. The minimum absolute atomic E-state index is 0. The van der Waals surface area contributed by atoms with Crippen LogP contribution in [0.1, 0.15) is 151 Å². The number of carbonyl (C=O) groups is 2. The van der Waals surface area contributed by atoms with E-state index in [1.165, 1.54) is 61.8 Å². The molecule has 392 valence electrons. The Morgan fingerprint density at radius 2 is 1.19 bits per heavy atom. The number of halogens is 1. The molecule has 2 aromatic rings. The third kappa shape index (κ3) is 9.98. The summed E-state index contributed by atoms with van der Waals surface area (Å²) in [4.78, 5) is 45.8. The maximum Gasteiger partial charge on any atom is 0.307 e. The number of H-pyrrole nitrogens is 1. The molecule has 0 bridgehead atoms. The van der Waals surface area contributed by atoms with Gasteiger partial charge in [-0.15, -0.1) is 0 Å². The molecule has 8 aliphatic rings.